The number of benzene rings is 2. The van der Waals surface area contributed by atoms with E-state index in [4.69, 9.17) is 0 Å². The normalized spacial score (nSPS) is 11.0. The van der Waals surface area contributed by atoms with Crippen molar-refractivity contribution >= 4 is 61.1 Å². The van der Waals surface area contributed by atoms with Gasteiger partial charge in [0.15, 0.2) is 0 Å². The molecule has 5 nitrogen and oxygen atoms in total. The minimum Gasteiger partial charge on any atom is -0.352 e. The Kier molecular flexibility index (Phi) is 6.36. The highest BCUT2D eigenvalue weighted by Gasteiger charge is 2.06. The number of hydrogen-bond donors (Lipinski definition) is 2. The smallest absolute Gasteiger partial charge is 0.244 e. The van der Waals surface area contributed by atoms with Crippen LogP contribution in [-0.4, -0.2) is 23.3 Å². The molecule has 0 radical (unpaired) electrons. The predicted octanol–water partition coefficient (Wildman–Crippen LogP) is 4.53. The summed E-state index contributed by atoms with van der Waals surface area (Å²) in [4.78, 5) is 28.4. The molecule has 1 aromatic heterocycles. The first-order valence-corrected chi connectivity index (χ1v) is 10.00. The van der Waals surface area contributed by atoms with Gasteiger partial charge in [-0.1, -0.05) is 34.1 Å². The summed E-state index contributed by atoms with van der Waals surface area (Å²) >= 11 is 4.91. The van der Waals surface area contributed by atoms with Crippen molar-refractivity contribution in [2.24, 2.45) is 0 Å². The van der Waals surface area contributed by atoms with E-state index in [9.17, 15) is 9.59 Å². The fourth-order valence-corrected chi connectivity index (χ4v) is 3.64. The first kappa shape index (κ1) is 19.3. The van der Waals surface area contributed by atoms with Gasteiger partial charge < -0.3 is 10.6 Å². The van der Waals surface area contributed by atoms with Gasteiger partial charge in [0.05, 0.1) is 10.2 Å². The third kappa shape index (κ3) is 5.48. The lowest BCUT2D eigenvalue weighted by Crippen LogP contribution is -2.26. The quantitative estimate of drug-likeness (QED) is 0.549. The number of carbonyl (C=O) groups excluding carboxylic acids is 2. The number of para-hydroxylation sites is 1. The molecule has 0 bridgehead atoms. The van der Waals surface area contributed by atoms with Gasteiger partial charge in [0.2, 0.25) is 11.8 Å². The summed E-state index contributed by atoms with van der Waals surface area (Å²) in [7, 11) is 0. The summed E-state index contributed by atoms with van der Waals surface area (Å²) in [5.74, 6) is -0.396. The van der Waals surface area contributed by atoms with E-state index in [0.29, 0.717) is 0 Å². The second kappa shape index (κ2) is 8.92. The number of nitrogens with zero attached hydrogens (tertiary/aromatic N) is 1. The lowest BCUT2D eigenvalue weighted by Gasteiger charge is -2.09. The van der Waals surface area contributed by atoms with Crippen molar-refractivity contribution in [3.63, 3.8) is 0 Å². The summed E-state index contributed by atoms with van der Waals surface area (Å²) in [5.41, 5.74) is 2.66. The number of aryl methyl sites for hydroxylation is 1. The maximum atomic E-state index is 12.0. The topological polar surface area (TPSA) is 71.1 Å². The highest BCUT2D eigenvalue weighted by Crippen LogP contribution is 2.22. The van der Waals surface area contributed by atoms with Gasteiger partial charge >= 0.3 is 0 Å². The highest BCUT2D eigenvalue weighted by atomic mass is 79.9. The van der Waals surface area contributed by atoms with Crippen molar-refractivity contribution in [1.29, 1.82) is 0 Å². The van der Waals surface area contributed by atoms with Crippen LogP contribution >= 0.6 is 27.3 Å². The summed E-state index contributed by atoms with van der Waals surface area (Å²) in [6.45, 7) is 2.19. The van der Waals surface area contributed by atoms with Crippen LogP contribution in [-0.2, 0) is 9.59 Å². The minimum absolute atomic E-state index is 0.147. The highest BCUT2D eigenvalue weighted by molar-refractivity contribution is 9.10. The maximum Gasteiger partial charge on any atom is 0.244 e. The van der Waals surface area contributed by atoms with E-state index in [1.807, 2.05) is 49.4 Å². The SMILES string of the molecule is Cc1ccc(Br)cc1NC(=O)CCNC(=O)/C=C/c1nc2ccccc2s1. The summed E-state index contributed by atoms with van der Waals surface area (Å²) in [5, 5.41) is 6.33. The first-order chi connectivity index (χ1) is 13.0. The molecule has 3 aromatic rings. The van der Waals surface area contributed by atoms with Crippen LogP contribution in [0.25, 0.3) is 16.3 Å². The molecule has 7 heteroatoms. The Morgan fingerprint density at radius 3 is 2.85 bits per heavy atom. The molecule has 0 spiro atoms. The van der Waals surface area contributed by atoms with Gasteiger partial charge in [-0.25, -0.2) is 4.98 Å². The summed E-state index contributed by atoms with van der Waals surface area (Å²) in [6, 6.07) is 13.5. The second-order valence-corrected chi connectivity index (χ2v) is 7.88. The van der Waals surface area contributed by atoms with Gasteiger partial charge in [-0.3, -0.25) is 9.59 Å². The summed E-state index contributed by atoms with van der Waals surface area (Å²) < 4.78 is 1.98. The zero-order valence-electron chi connectivity index (χ0n) is 14.7. The number of aromatic nitrogens is 1. The second-order valence-electron chi connectivity index (χ2n) is 5.90. The molecule has 138 valence electrons. The zero-order chi connectivity index (χ0) is 19.2. The third-order valence-electron chi connectivity index (χ3n) is 3.81. The van der Waals surface area contributed by atoms with E-state index >= 15 is 0 Å². The molecule has 0 aliphatic carbocycles. The Morgan fingerprint density at radius 2 is 2.04 bits per heavy atom. The molecule has 2 N–H and O–H groups in total. The number of rotatable bonds is 6. The Balaban J connectivity index is 1.46. The average molecular weight is 444 g/mol. The number of nitrogens with one attached hydrogen (secondary N) is 2. The third-order valence-corrected chi connectivity index (χ3v) is 5.31. The molecule has 2 amide bonds. The molecule has 0 atom stereocenters. The molecular weight excluding hydrogens is 426 g/mol. The molecule has 2 aromatic carbocycles. The maximum absolute atomic E-state index is 12.0. The number of carbonyl (C=O) groups is 2. The van der Waals surface area contributed by atoms with Crippen LogP contribution in [0.5, 0.6) is 0 Å². The van der Waals surface area contributed by atoms with E-state index in [-0.39, 0.29) is 24.8 Å². The number of fused-ring (bicyclic) bond motifs is 1. The fourth-order valence-electron chi connectivity index (χ4n) is 2.41. The average Bonchev–Trinajstić information content (AvgIpc) is 3.06. The minimum atomic E-state index is -0.249. The zero-order valence-corrected chi connectivity index (χ0v) is 17.1. The number of anilines is 1. The molecule has 0 aliphatic heterocycles. The number of halogens is 1. The molecule has 27 heavy (non-hydrogen) atoms. The van der Waals surface area contributed by atoms with Crippen LogP contribution in [0, 0.1) is 6.92 Å². The molecule has 0 unspecified atom stereocenters. The van der Waals surface area contributed by atoms with Gasteiger partial charge in [-0.2, -0.15) is 0 Å². The largest absolute Gasteiger partial charge is 0.352 e. The van der Waals surface area contributed by atoms with Crippen LogP contribution in [0.4, 0.5) is 5.69 Å². The van der Waals surface area contributed by atoms with Gasteiger partial charge in [0, 0.05) is 29.2 Å². The molecule has 1 heterocycles. The molecule has 0 fully saturated rings. The summed E-state index contributed by atoms with van der Waals surface area (Å²) in [6.07, 6.45) is 3.33. The first-order valence-electron chi connectivity index (χ1n) is 8.39. The van der Waals surface area contributed by atoms with Crippen molar-refractivity contribution in [2.45, 2.75) is 13.3 Å². The fraction of sp³-hybridized carbons (Fsp3) is 0.150. The van der Waals surface area contributed by atoms with Gasteiger partial charge in [-0.05, 0) is 42.8 Å². The Morgan fingerprint density at radius 1 is 1.22 bits per heavy atom. The van der Waals surface area contributed by atoms with E-state index < -0.39 is 0 Å². The van der Waals surface area contributed by atoms with Gasteiger partial charge in [0.25, 0.3) is 0 Å². The Bertz CT molecular complexity index is 980. The van der Waals surface area contributed by atoms with E-state index in [1.54, 1.807) is 6.08 Å². The number of amides is 2. The Hall–Kier alpha value is -2.51. The lowest BCUT2D eigenvalue weighted by molar-refractivity contribution is -0.117. The van der Waals surface area contributed by atoms with Gasteiger partial charge in [-0.15, -0.1) is 11.3 Å². The standard InChI is InChI=1S/C20H18BrN3O2S/c1-13-6-7-14(21)12-16(13)23-19(26)10-11-22-18(25)8-9-20-24-15-4-2-3-5-17(15)27-20/h2-9,12H,10-11H2,1H3,(H,22,25)(H,23,26)/b9-8+. The number of thiazole rings is 1. The van der Waals surface area contributed by atoms with Crippen molar-refractivity contribution in [1.82, 2.24) is 10.3 Å². The van der Waals surface area contributed by atoms with E-state index in [0.717, 1.165) is 30.9 Å². The van der Waals surface area contributed by atoms with Crippen LogP contribution in [0.3, 0.4) is 0 Å². The molecule has 0 aliphatic rings. The van der Waals surface area contributed by atoms with Crippen LogP contribution < -0.4 is 10.6 Å². The van der Waals surface area contributed by atoms with Crippen molar-refractivity contribution in [3.05, 3.63) is 63.6 Å². The van der Waals surface area contributed by atoms with E-state index in [2.05, 4.69) is 31.5 Å². The van der Waals surface area contributed by atoms with Gasteiger partial charge in [0.1, 0.15) is 5.01 Å². The monoisotopic (exact) mass is 443 g/mol. The van der Waals surface area contributed by atoms with Crippen molar-refractivity contribution in [3.8, 4) is 0 Å². The van der Waals surface area contributed by atoms with Crippen molar-refractivity contribution < 1.29 is 9.59 Å². The van der Waals surface area contributed by atoms with E-state index in [1.165, 1.54) is 17.4 Å². The predicted molar refractivity (Wildman–Crippen MR) is 114 cm³/mol. The van der Waals surface area contributed by atoms with Crippen LogP contribution in [0.15, 0.2) is 53.0 Å². The molecule has 0 saturated heterocycles. The Labute approximate surface area is 169 Å². The molecule has 3 rings (SSSR count). The van der Waals surface area contributed by atoms with Crippen molar-refractivity contribution in [2.75, 3.05) is 11.9 Å². The lowest BCUT2D eigenvalue weighted by atomic mass is 10.2. The van der Waals surface area contributed by atoms with Crippen LogP contribution in [0.1, 0.15) is 17.0 Å². The number of hydrogen-bond acceptors (Lipinski definition) is 4. The molecular formula is C20H18BrN3O2S. The molecule has 0 saturated carbocycles. The van der Waals surface area contributed by atoms with Crippen LogP contribution in [0.2, 0.25) is 0 Å².